The van der Waals surface area contributed by atoms with Gasteiger partial charge in [-0.1, -0.05) is 6.08 Å². The molecule has 7 heteroatoms. The van der Waals surface area contributed by atoms with E-state index < -0.39 is 11.3 Å². The zero-order valence-corrected chi connectivity index (χ0v) is 17.6. The predicted molar refractivity (Wildman–Crippen MR) is 111 cm³/mol. The monoisotopic (exact) mass is 403 g/mol. The van der Waals surface area contributed by atoms with Gasteiger partial charge in [0.15, 0.2) is 5.41 Å². The van der Waals surface area contributed by atoms with E-state index in [0.29, 0.717) is 30.2 Å². The molecule has 0 saturated carbocycles. The molecule has 0 fully saturated rings. The first-order valence-electron chi connectivity index (χ1n) is 9.77. The molecule has 1 aliphatic carbocycles. The van der Waals surface area contributed by atoms with Crippen LogP contribution in [-0.2, 0) is 0 Å². The largest absolute Gasteiger partial charge is 0.497 e. The fourth-order valence-electron chi connectivity index (χ4n) is 4.55. The number of hydrogen-bond donors (Lipinski definition) is 1. The summed E-state index contributed by atoms with van der Waals surface area (Å²) in [5, 5.41) is 30.3. The molecule has 0 spiro atoms. The van der Waals surface area contributed by atoms with Gasteiger partial charge in [0.25, 0.3) is 0 Å². The fourth-order valence-corrected chi connectivity index (χ4v) is 4.55. The van der Waals surface area contributed by atoms with Crippen LogP contribution in [0.3, 0.4) is 0 Å². The summed E-state index contributed by atoms with van der Waals surface area (Å²) >= 11 is 0. The number of nitriles is 3. The van der Waals surface area contributed by atoms with Crippen molar-refractivity contribution in [1.29, 1.82) is 15.8 Å². The smallest absolute Gasteiger partial charge is 0.191 e. The summed E-state index contributed by atoms with van der Waals surface area (Å²) < 4.78 is 11.0. The number of nitrogens with two attached hydrogens (primary N) is 1. The highest BCUT2D eigenvalue weighted by Crippen LogP contribution is 2.56. The summed E-state index contributed by atoms with van der Waals surface area (Å²) in [5.41, 5.74) is 6.37. The molecule has 154 valence electrons. The zero-order chi connectivity index (χ0) is 22.1. The maximum Gasteiger partial charge on any atom is 0.191 e. The SMILES string of the molecule is COc1ccc(OC)c([C@@H]2[C@@H]3CN(C(C)C)CC=C3C(C#N)=C(N)C2(C#N)C#N)c1. The topological polar surface area (TPSA) is 119 Å². The van der Waals surface area contributed by atoms with E-state index in [1.807, 2.05) is 6.08 Å². The van der Waals surface area contributed by atoms with Crippen molar-refractivity contribution < 1.29 is 9.47 Å². The number of allylic oxidation sites excluding steroid dienone is 2. The molecule has 1 aliphatic heterocycles. The van der Waals surface area contributed by atoms with E-state index in [1.165, 1.54) is 0 Å². The molecule has 0 aromatic heterocycles. The number of hydrogen-bond acceptors (Lipinski definition) is 7. The third-order valence-electron chi connectivity index (χ3n) is 6.19. The molecule has 2 aliphatic rings. The molecular weight excluding hydrogens is 378 g/mol. The molecule has 2 atom stereocenters. The van der Waals surface area contributed by atoms with Gasteiger partial charge in [-0.2, -0.15) is 15.8 Å². The zero-order valence-electron chi connectivity index (χ0n) is 17.6. The Morgan fingerprint density at radius 1 is 1.17 bits per heavy atom. The minimum atomic E-state index is -1.70. The molecule has 0 radical (unpaired) electrons. The summed E-state index contributed by atoms with van der Waals surface area (Å²) in [4.78, 5) is 2.25. The highest BCUT2D eigenvalue weighted by Gasteiger charge is 2.55. The van der Waals surface area contributed by atoms with Gasteiger partial charge in [0.1, 0.15) is 17.6 Å². The van der Waals surface area contributed by atoms with Gasteiger partial charge < -0.3 is 15.2 Å². The molecule has 30 heavy (non-hydrogen) atoms. The first-order valence-corrected chi connectivity index (χ1v) is 9.77. The van der Waals surface area contributed by atoms with Gasteiger partial charge in [0.2, 0.25) is 0 Å². The van der Waals surface area contributed by atoms with Crippen molar-refractivity contribution in [3.63, 3.8) is 0 Å². The van der Waals surface area contributed by atoms with Gasteiger partial charge in [0, 0.05) is 36.5 Å². The van der Waals surface area contributed by atoms with Crippen molar-refractivity contribution in [3.05, 3.63) is 46.7 Å². The summed E-state index contributed by atoms with van der Waals surface area (Å²) in [7, 11) is 3.11. The van der Waals surface area contributed by atoms with Crippen LogP contribution in [0.4, 0.5) is 0 Å². The van der Waals surface area contributed by atoms with Gasteiger partial charge in [-0.15, -0.1) is 0 Å². The number of ether oxygens (including phenoxy) is 2. The van der Waals surface area contributed by atoms with Crippen LogP contribution in [0.5, 0.6) is 11.5 Å². The second kappa shape index (κ2) is 8.11. The van der Waals surface area contributed by atoms with Crippen LogP contribution < -0.4 is 15.2 Å². The molecule has 2 N–H and O–H groups in total. The summed E-state index contributed by atoms with van der Waals surface area (Å²) in [5.74, 6) is 0.238. The Morgan fingerprint density at radius 3 is 2.40 bits per heavy atom. The van der Waals surface area contributed by atoms with E-state index in [2.05, 4.69) is 37.0 Å². The lowest BCUT2D eigenvalue weighted by Crippen LogP contribution is -2.49. The van der Waals surface area contributed by atoms with Crippen LogP contribution in [-0.4, -0.2) is 38.3 Å². The first kappa shape index (κ1) is 21.2. The normalized spacial score (nSPS) is 22.9. The van der Waals surface area contributed by atoms with Crippen LogP contribution in [0.1, 0.15) is 25.3 Å². The maximum atomic E-state index is 10.2. The summed E-state index contributed by atoms with van der Waals surface area (Å²) in [6.45, 7) is 5.47. The van der Waals surface area contributed by atoms with Crippen LogP contribution in [0.15, 0.2) is 41.1 Å². The minimum absolute atomic E-state index is 0.00497. The van der Waals surface area contributed by atoms with Crippen LogP contribution >= 0.6 is 0 Å². The summed E-state index contributed by atoms with van der Waals surface area (Å²) in [6, 6.07) is 12.1. The van der Waals surface area contributed by atoms with Crippen LogP contribution in [0, 0.1) is 45.3 Å². The number of benzene rings is 1. The van der Waals surface area contributed by atoms with Crippen molar-refractivity contribution in [1.82, 2.24) is 4.90 Å². The third kappa shape index (κ3) is 3.07. The highest BCUT2D eigenvalue weighted by molar-refractivity contribution is 5.61. The van der Waals surface area contributed by atoms with Crippen molar-refractivity contribution >= 4 is 0 Å². The molecular formula is C23H25N5O2. The van der Waals surface area contributed by atoms with E-state index in [1.54, 1.807) is 32.4 Å². The first-order chi connectivity index (χ1) is 14.4. The van der Waals surface area contributed by atoms with Gasteiger partial charge in [-0.05, 0) is 37.6 Å². The van der Waals surface area contributed by atoms with Crippen molar-refractivity contribution in [2.75, 3.05) is 27.3 Å². The Hall–Kier alpha value is -3.47. The molecule has 0 bridgehead atoms. The lowest BCUT2D eigenvalue weighted by molar-refractivity contribution is 0.172. The quantitative estimate of drug-likeness (QED) is 0.821. The number of nitrogens with zero attached hydrogens (tertiary/aromatic N) is 4. The van der Waals surface area contributed by atoms with E-state index in [9.17, 15) is 15.8 Å². The van der Waals surface area contributed by atoms with E-state index >= 15 is 0 Å². The molecule has 1 aromatic rings. The third-order valence-corrected chi connectivity index (χ3v) is 6.19. The second-order valence-electron chi connectivity index (χ2n) is 7.83. The Bertz CT molecular complexity index is 1020. The fraction of sp³-hybridized carbons (Fsp3) is 0.435. The molecule has 0 amide bonds. The van der Waals surface area contributed by atoms with Gasteiger partial charge in [0.05, 0.1) is 37.6 Å². The summed E-state index contributed by atoms with van der Waals surface area (Å²) in [6.07, 6.45) is 2.00. The molecule has 7 nitrogen and oxygen atoms in total. The van der Waals surface area contributed by atoms with Crippen molar-refractivity contribution in [3.8, 4) is 29.7 Å². The second-order valence-corrected chi connectivity index (χ2v) is 7.83. The average Bonchev–Trinajstić information content (AvgIpc) is 2.77. The molecule has 3 rings (SSSR count). The highest BCUT2D eigenvalue weighted by atomic mass is 16.5. The van der Waals surface area contributed by atoms with Crippen molar-refractivity contribution in [2.45, 2.75) is 25.8 Å². The van der Waals surface area contributed by atoms with Gasteiger partial charge in [-0.3, -0.25) is 4.90 Å². The Balaban J connectivity index is 2.37. The standard InChI is InChI=1S/C23H25N5O2/c1-14(2)28-8-7-16-18(10-24)22(27)23(12-25,13-26)21(19(16)11-28)17-9-15(29-3)5-6-20(17)30-4/h5-7,9,14,19,21H,8,11,27H2,1-4H3/t19-,21-/m1/s1. The predicted octanol–water partition coefficient (Wildman–Crippen LogP) is 2.84. The molecule has 1 heterocycles. The lowest BCUT2D eigenvalue weighted by Gasteiger charge is -2.46. The Morgan fingerprint density at radius 2 is 1.87 bits per heavy atom. The molecule has 0 unspecified atom stereocenters. The van der Waals surface area contributed by atoms with E-state index in [0.717, 1.165) is 5.57 Å². The van der Waals surface area contributed by atoms with Gasteiger partial charge in [-0.25, -0.2) is 0 Å². The molecule has 0 saturated heterocycles. The average molecular weight is 403 g/mol. The minimum Gasteiger partial charge on any atom is -0.497 e. The Kier molecular flexibility index (Phi) is 5.74. The van der Waals surface area contributed by atoms with Gasteiger partial charge >= 0.3 is 0 Å². The van der Waals surface area contributed by atoms with Crippen molar-refractivity contribution in [2.24, 2.45) is 17.1 Å². The van der Waals surface area contributed by atoms with Crippen LogP contribution in [0.25, 0.3) is 0 Å². The number of rotatable bonds is 4. The molecule has 1 aromatic carbocycles. The van der Waals surface area contributed by atoms with E-state index in [4.69, 9.17) is 15.2 Å². The Labute approximate surface area is 177 Å². The number of fused-ring (bicyclic) bond motifs is 1. The number of methoxy groups -OCH3 is 2. The lowest BCUT2D eigenvalue weighted by atomic mass is 9.58. The van der Waals surface area contributed by atoms with E-state index in [-0.39, 0.29) is 23.2 Å². The maximum absolute atomic E-state index is 10.2. The van der Waals surface area contributed by atoms with Crippen LogP contribution in [0.2, 0.25) is 0 Å².